The van der Waals surface area contributed by atoms with Crippen LogP contribution in [0.2, 0.25) is 19.6 Å². The second-order valence-electron chi connectivity index (χ2n) is 8.76. The molecule has 0 atom stereocenters. The molecule has 0 radical (unpaired) electrons. The van der Waals surface area contributed by atoms with Gasteiger partial charge >= 0.3 is 0 Å². The summed E-state index contributed by atoms with van der Waals surface area (Å²) < 4.78 is 0. The molecule has 5 rings (SSSR count). The van der Waals surface area contributed by atoms with E-state index in [-0.39, 0.29) is 0 Å². The molecule has 5 aromatic rings. The van der Waals surface area contributed by atoms with Gasteiger partial charge in [0.2, 0.25) is 0 Å². The smallest absolute Gasteiger partial charge is 0.126 e. The van der Waals surface area contributed by atoms with E-state index in [4.69, 9.17) is 9.97 Å². The Labute approximate surface area is 172 Å². The summed E-state index contributed by atoms with van der Waals surface area (Å²) in [6, 6.07) is 26.1. The topological polar surface area (TPSA) is 25.8 Å². The summed E-state index contributed by atoms with van der Waals surface area (Å²) in [5.74, 6) is 0.818. The van der Waals surface area contributed by atoms with Crippen molar-refractivity contribution in [2.24, 2.45) is 0 Å². The van der Waals surface area contributed by atoms with Crippen LogP contribution in [0.25, 0.3) is 43.7 Å². The fourth-order valence-corrected chi connectivity index (χ4v) is 5.95. The second kappa shape index (κ2) is 6.50. The number of benzene rings is 4. The molecule has 0 fully saturated rings. The fourth-order valence-electron chi connectivity index (χ4n) is 4.34. The molecule has 2 nitrogen and oxygen atoms in total. The van der Waals surface area contributed by atoms with Gasteiger partial charge in [0, 0.05) is 16.3 Å². The normalized spacial score (nSPS) is 12.1. The Kier molecular flexibility index (Phi) is 4.04. The van der Waals surface area contributed by atoms with Crippen LogP contribution in [-0.2, 0) is 0 Å². The Morgan fingerprint density at radius 3 is 2.21 bits per heavy atom. The first-order chi connectivity index (χ1) is 13.9. The zero-order chi connectivity index (χ0) is 20.2. The van der Waals surface area contributed by atoms with Crippen LogP contribution in [0.3, 0.4) is 0 Å². The van der Waals surface area contributed by atoms with Crippen LogP contribution in [0.4, 0.5) is 0 Å². The fraction of sp³-hybridized carbons (Fsp3) is 0.154. The van der Waals surface area contributed by atoms with E-state index in [9.17, 15) is 0 Å². The van der Waals surface area contributed by atoms with Crippen molar-refractivity contribution < 1.29 is 0 Å². The molecule has 0 aliphatic rings. The monoisotopic (exact) mass is 392 g/mol. The largest absolute Gasteiger partial charge is 0.233 e. The number of aryl methyl sites for hydroxylation is 1. The van der Waals surface area contributed by atoms with Gasteiger partial charge in [0.05, 0.1) is 19.3 Å². The third kappa shape index (κ3) is 2.93. The van der Waals surface area contributed by atoms with E-state index in [1.165, 1.54) is 32.3 Å². The summed E-state index contributed by atoms with van der Waals surface area (Å²) in [6.07, 6.45) is 0. The van der Waals surface area contributed by atoms with Crippen LogP contribution in [0, 0.1) is 6.92 Å². The first-order valence-corrected chi connectivity index (χ1v) is 13.6. The van der Waals surface area contributed by atoms with E-state index >= 15 is 0 Å². The summed E-state index contributed by atoms with van der Waals surface area (Å²) in [6.45, 7) is 9.21. The molecule has 29 heavy (non-hydrogen) atoms. The number of rotatable bonds is 2. The zero-order valence-corrected chi connectivity index (χ0v) is 18.3. The summed E-state index contributed by atoms with van der Waals surface area (Å²) in [5, 5.41) is 7.62. The van der Waals surface area contributed by atoms with Gasteiger partial charge in [-0.25, -0.2) is 9.97 Å². The zero-order valence-electron chi connectivity index (χ0n) is 17.3. The molecule has 0 saturated heterocycles. The van der Waals surface area contributed by atoms with E-state index in [1.54, 1.807) is 0 Å². The second-order valence-corrected chi connectivity index (χ2v) is 13.8. The number of fused-ring (bicyclic) bond motifs is 4. The Morgan fingerprint density at radius 2 is 1.38 bits per heavy atom. The van der Waals surface area contributed by atoms with Crippen LogP contribution in [0.5, 0.6) is 0 Å². The van der Waals surface area contributed by atoms with E-state index in [0.29, 0.717) is 0 Å². The SMILES string of the molecule is Cc1nc(-c2cccc3ccccc23)c2ccc3cccc([Si](C)(C)C)c3c2n1. The van der Waals surface area contributed by atoms with Crippen LogP contribution in [0.1, 0.15) is 5.82 Å². The number of aromatic nitrogens is 2. The van der Waals surface area contributed by atoms with Gasteiger partial charge in [-0.3, -0.25) is 0 Å². The van der Waals surface area contributed by atoms with Crippen molar-refractivity contribution in [2.45, 2.75) is 26.6 Å². The van der Waals surface area contributed by atoms with Gasteiger partial charge in [-0.1, -0.05) is 91.6 Å². The van der Waals surface area contributed by atoms with Crippen LogP contribution < -0.4 is 5.19 Å². The maximum atomic E-state index is 4.96. The molecule has 0 saturated carbocycles. The van der Waals surface area contributed by atoms with Gasteiger partial charge in [-0.2, -0.15) is 0 Å². The van der Waals surface area contributed by atoms with Gasteiger partial charge in [-0.05, 0) is 29.1 Å². The highest BCUT2D eigenvalue weighted by Gasteiger charge is 2.22. The molecule has 0 amide bonds. The molecule has 0 N–H and O–H groups in total. The van der Waals surface area contributed by atoms with Crippen molar-refractivity contribution in [3.8, 4) is 11.3 Å². The summed E-state index contributed by atoms with van der Waals surface area (Å²) in [4.78, 5) is 9.88. The molecule has 3 heteroatoms. The molecule has 1 heterocycles. The van der Waals surface area contributed by atoms with Crippen molar-refractivity contribution in [3.63, 3.8) is 0 Å². The molecule has 142 valence electrons. The average Bonchev–Trinajstić information content (AvgIpc) is 2.71. The first-order valence-electron chi connectivity index (χ1n) is 10.1. The van der Waals surface area contributed by atoms with Crippen LogP contribution >= 0.6 is 0 Å². The first kappa shape index (κ1) is 18.0. The lowest BCUT2D eigenvalue weighted by Crippen LogP contribution is -2.38. The molecule has 0 spiro atoms. The van der Waals surface area contributed by atoms with E-state index < -0.39 is 8.07 Å². The lowest BCUT2D eigenvalue weighted by atomic mass is 9.97. The lowest BCUT2D eigenvalue weighted by molar-refractivity contribution is 1.10. The highest BCUT2D eigenvalue weighted by molar-refractivity contribution is 6.90. The molecule has 1 aromatic heterocycles. The Hall–Kier alpha value is -3.04. The average molecular weight is 393 g/mol. The van der Waals surface area contributed by atoms with Gasteiger partial charge in [0.25, 0.3) is 0 Å². The molecule has 0 aliphatic heterocycles. The van der Waals surface area contributed by atoms with Gasteiger partial charge in [0.1, 0.15) is 5.82 Å². The van der Waals surface area contributed by atoms with Crippen molar-refractivity contribution in [1.82, 2.24) is 9.97 Å². The predicted molar refractivity (Wildman–Crippen MR) is 128 cm³/mol. The van der Waals surface area contributed by atoms with Crippen molar-refractivity contribution in [1.29, 1.82) is 0 Å². The Bertz CT molecular complexity index is 1390. The summed E-state index contributed by atoms with van der Waals surface area (Å²) >= 11 is 0. The standard InChI is InChI=1S/C26H24N2Si/c1-17-27-25(21-13-7-10-18-9-5-6-12-20(18)21)22-16-15-19-11-8-14-23(29(2,3)4)24(19)26(22)28-17/h5-16H,1-4H3. The third-order valence-electron chi connectivity index (χ3n) is 5.67. The Morgan fingerprint density at radius 1 is 0.655 bits per heavy atom. The molecular weight excluding hydrogens is 368 g/mol. The van der Waals surface area contributed by atoms with Crippen LogP contribution in [-0.4, -0.2) is 18.0 Å². The highest BCUT2D eigenvalue weighted by Crippen LogP contribution is 2.34. The molecule has 0 unspecified atom stereocenters. The number of hydrogen-bond acceptors (Lipinski definition) is 2. The van der Waals surface area contributed by atoms with Crippen LogP contribution in [0.15, 0.2) is 72.8 Å². The molecule has 0 bridgehead atoms. The van der Waals surface area contributed by atoms with Gasteiger partial charge in [-0.15, -0.1) is 0 Å². The Balaban J connectivity index is 1.95. The van der Waals surface area contributed by atoms with E-state index in [1.807, 2.05) is 6.92 Å². The summed E-state index contributed by atoms with van der Waals surface area (Å²) in [5.41, 5.74) is 3.27. The number of nitrogens with zero attached hydrogens (tertiary/aromatic N) is 2. The van der Waals surface area contributed by atoms with Gasteiger partial charge in [0.15, 0.2) is 0 Å². The van der Waals surface area contributed by atoms with E-state index in [2.05, 4.69) is 92.4 Å². The van der Waals surface area contributed by atoms with E-state index in [0.717, 1.165) is 22.4 Å². The minimum Gasteiger partial charge on any atom is -0.233 e. The molecule has 0 aliphatic carbocycles. The van der Waals surface area contributed by atoms with Crippen molar-refractivity contribution in [3.05, 3.63) is 78.6 Å². The minimum atomic E-state index is -1.53. The number of hydrogen-bond donors (Lipinski definition) is 0. The molecular formula is C26H24N2Si. The quantitative estimate of drug-likeness (QED) is 0.255. The maximum Gasteiger partial charge on any atom is 0.126 e. The third-order valence-corrected chi connectivity index (χ3v) is 7.71. The minimum absolute atomic E-state index is 0.818. The highest BCUT2D eigenvalue weighted by atomic mass is 28.3. The van der Waals surface area contributed by atoms with Gasteiger partial charge < -0.3 is 0 Å². The predicted octanol–water partition coefficient (Wildman–Crippen LogP) is 6.46. The lowest BCUT2D eigenvalue weighted by Gasteiger charge is -2.21. The molecule has 4 aromatic carbocycles. The van der Waals surface area contributed by atoms with Crippen molar-refractivity contribution >= 4 is 45.7 Å². The summed E-state index contributed by atoms with van der Waals surface area (Å²) in [7, 11) is -1.53. The van der Waals surface area contributed by atoms with Crippen molar-refractivity contribution in [2.75, 3.05) is 0 Å². The maximum absolute atomic E-state index is 4.96.